The fraction of sp³-hybridized carbons (Fsp3) is 0.211. The Morgan fingerprint density at radius 1 is 1.19 bits per heavy atom. The highest BCUT2D eigenvalue weighted by Gasteiger charge is 2.30. The molecule has 4 nitrogen and oxygen atoms in total. The van der Waals surface area contributed by atoms with Crippen LogP contribution in [0, 0.1) is 6.92 Å². The van der Waals surface area contributed by atoms with Gasteiger partial charge in [-0.15, -0.1) is 11.3 Å². The number of anilines is 1. The molecule has 0 spiro atoms. The summed E-state index contributed by atoms with van der Waals surface area (Å²) in [6.45, 7) is 1.76. The number of amides is 1. The van der Waals surface area contributed by atoms with Crippen LogP contribution >= 0.6 is 11.3 Å². The first-order valence-corrected chi connectivity index (χ1v) is 8.94. The molecule has 0 aliphatic heterocycles. The number of nitrogens with one attached hydrogen (secondary N) is 1. The molecule has 0 saturated heterocycles. The van der Waals surface area contributed by atoms with Gasteiger partial charge in [0.1, 0.15) is 5.00 Å². The molecule has 0 saturated carbocycles. The summed E-state index contributed by atoms with van der Waals surface area (Å²) in [4.78, 5) is 20.5. The van der Waals surface area contributed by atoms with Gasteiger partial charge >= 0.3 is 6.18 Å². The number of halogens is 3. The average Bonchev–Trinajstić information content (AvgIpc) is 2.94. The molecule has 140 valence electrons. The Kier molecular flexibility index (Phi) is 5.55. The topological polar surface area (TPSA) is 54.9 Å². The van der Waals surface area contributed by atoms with Crippen molar-refractivity contribution in [3.05, 3.63) is 76.2 Å². The standard InChI is InChI=1S/C19H16F3N3OS/c1-12-18(25-16(26)9-14-5-3-7-23-11-14)27-17(24-12)10-13-4-2-6-15(8-13)19(20,21)22/h2-8,11H,9-10H2,1H3,(H,25,26). The van der Waals surface area contributed by atoms with E-state index < -0.39 is 11.7 Å². The second-order valence-electron chi connectivity index (χ2n) is 5.98. The summed E-state index contributed by atoms with van der Waals surface area (Å²) < 4.78 is 38.5. The summed E-state index contributed by atoms with van der Waals surface area (Å²) in [6, 6.07) is 8.75. The van der Waals surface area contributed by atoms with Gasteiger partial charge in [-0.25, -0.2) is 4.98 Å². The Labute approximate surface area is 158 Å². The molecular formula is C19H16F3N3OS. The third kappa shape index (κ3) is 5.13. The predicted molar refractivity (Wildman–Crippen MR) is 97.7 cm³/mol. The minimum Gasteiger partial charge on any atom is -0.316 e. The Morgan fingerprint density at radius 3 is 2.67 bits per heavy atom. The normalized spacial score (nSPS) is 11.4. The van der Waals surface area contributed by atoms with E-state index in [1.54, 1.807) is 31.5 Å². The maximum Gasteiger partial charge on any atom is 0.416 e. The van der Waals surface area contributed by atoms with Gasteiger partial charge in [-0.3, -0.25) is 9.78 Å². The van der Waals surface area contributed by atoms with Crippen LogP contribution in [0.3, 0.4) is 0 Å². The highest BCUT2D eigenvalue weighted by atomic mass is 32.1. The van der Waals surface area contributed by atoms with E-state index >= 15 is 0 Å². The minimum atomic E-state index is -4.37. The predicted octanol–water partition coefficient (Wildman–Crippen LogP) is 4.64. The highest BCUT2D eigenvalue weighted by molar-refractivity contribution is 7.16. The van der Waals surface area contributed by atoms with E-state index in [9.17, 15) is 18.0 Å². The van der Waals surface area contributed by atoms with Crippen molar-refractivity contribution in [2.75, 3.05) is 5.32 Å². The number of alkyl halides is 3. The zero-order valence-corrected chi connectivity index (χ0v) is 15.2. The van der Waals surface area contributed by atoms with Crippen molar-refractivity contribution in [1.29, 1.82) is 0 Å². The molecule has 27 heavy (non-hydrogen) atoms. The van der Waals surface area contributed by atoms with Gasteiger partial charge in [0, 0.05) is 18.8 Å². The number of hydrogen-bond donors (Lipinski definition) is 1. The number of aryl methyl sites for hydroxylation is 1. The number of rotatable bonds is 5. The molecule has 0 aliphatic carbocycles. The third-order valence-corrected chi connectivity index (χ3v) is 4.86. The maximum absolute atomic E-state index is 12.8. The molecule has 0 radical (unpaired) electrons. The van der Waals surface area contributed by atoms with Crippen LogP contribution < -0.4 is 5.32 Å². The van der Waals surface area contributed by atoms with E-state index in [2.05, 4.69) is 15.3 Å². The quantitative estimate of drug-likeness (QED) is 0.690. The SMILES string of the molecule is Cc1nc(Cc2cccc(C(F)(F)F)c2)sc1NC(=O)Cc1cccnc1. The first-order valence-electron chi connectivity index (χ1n) is 8.12. The number of aromatic nitrogens is 2. The summed E-state index contributed by atoms with van der Waals surface area (Å²) in [6.07, 6.45) is -0.657. The number of thiazole rings is 1. The van der Waals surface area contributed by atoms with Crippen LogP contribution in [0.4, 0.5) is 18.2 Å². The van der Waals surface area contributed by atoms with E-state index in [4.69, 9.17) is 0 Å². The molecule has 2 aromatic heterocycles. The van der Waals surface area contributed by atoms with E-state index in [0.717, 1.165) is 17.7 Å². The second-order valence-corrected chi connectivity index (χ2v) is 7.07. The number of benzene rings is 1. The van der Waals surface area contributed by atoms with Gasteiger partial charge < -0.3 is 5.32 Å². The van der Waals surface area contributed by atoms with Crippen LogP contribution in [0.1, 0.15) is 27.4 Å². The van der Waals surface area contributed by atoms with Gasteiger partial charge in [-0.2, -0.15) is 13.2 Å². The fourth-order valence-electron chi connectivity index (χ4n) is 2.54. The molecule has 1 N–H and O–H groups in total. The Hall–Kier alpha value is -2.74. The molecule has 0 bridgehead atoms. The fourth-order valence-corrected chi connectivity index (χ4v) is 3.55. The molecule has 8 heteroatoms. The highest BCUT2D eigenvalue weighted by Crippen LogP contribution is 2.31. The second kappa shape index (κ2) is 7.87. The summed E-state index contributed by atoms with van der Waals surface area (Å²) in [5.74, 6) is -0.194. The molecule has 3 aromatic rings. The third-order valence-electron chi connectivity index (χ3n) is 3.79. The van der Waals surface area contributed by atoms with Gasteiger partial charge in [0.2, 0.25) is 5.91 Å². The van der Waals surface area contributed by atoms with Crippen LogP contribution in [-0.2, 0) is 23.8 Å². The Morgan fingerprint density at radius 2 is 1.96 bits per heavy atom. The number of hydrogen-bond acceptors (Lipinski definition) is 4. The van der Waals surface area contributed by atoms with Crippen LogP contribution in [0.15, 0.2) is 48.8 Å². The molecule has 0 atom stereocenters. The summed E-state index contributed by atoms with van der Waals surface area (Å²) in [5.41, 5.74) is 1.27. The van der Waals surface area contributed by atoms with Gasteiger partial charge in [0.05, 0.1) is 22.7 Å². The van der Waals surface area contributed by atoms with Gasteiger partial charge in [0.25, 0.3) is 0 Å². The Bertz CT molecular complexity index is 939. The molecule has 1 aromatic carbocycles. The number of carbonyl (C=O) groups excluding carboxylic acids is 1. The van der Waals surface area contributed by atoms with E-state index in [1.807, 2.05) is 6.07 Å². The van der Waals surface area contributed by atoms with Gasteiger partial charge in [-0.05, 0) is 30.2 Å². The minimum absolute atomic E-state index is 0.189. The molecule has 0 aliphatic rings. The molecule has 0 unspecified atom stereocenters. The van der Waals surface area contributed by atoms with Crippen LogP contribution in [0.5, 0.6) is 0 Å². The molecule has 0 fully saturated rings. The number of pyridine rings is 1. The van der Waals surface area contributed by atoms with Crippen molar-refractivity contribution >= 4 is 22.2 Å². The lowest BCUT2D eigenvalue weighted by Crippen LogP contribution is -2.14. The van der Waals surface area contributed by atoms with Crippen molar-refractivity contribution in [3.63, 3.8) is 0 Å². The van der Waals surface area contributed by atoms with E-state index in [0.29, 0.717) is 21.3 Å². The monoisotopic (exact) mass is 391 g/mol. The lowest BCUT2D eigenvalue weighted by Gasteiger charge is -2.07. The van der Waals surface area contributed by atoms with Crippen molar-refractivity contribution in [1.82, 2.24) is 9.97 Å². The molecule has 1 amide bonds. The smallest absolute Gasteiger partial charge is 0.316 e. The van der Waals surface area contributed by atoms with Crippen LogP contribution in [0.25, 0.3) is 0 Å². The molecular weight excluding hydrogens is 375 g/mol. The first kappa shape index (κ1) is 19.0. The van der Waals surface area contributed by atoms with Crippen molar-refractivity contribution in [2.24, 2.45) is 0 Å². The van der Waals surface area contributed by atoms with E-state index in [-0.39, 0.29) is 18.7 Å². The summed E-state index contributed by atoms with van der Waals surface area (Å²) >= 11 is 1.27. The first-order chi connectivity index (χ1) is 12.8. The van der Waals surface area contributed by atoms with E-state index in [1.165, 1.54) is 17.4 Å². The van der Waals surface area contributed by atoms with Gasteiger partial charge in [-0.1, -0.05) is 24.3 Å². The van der Waals surface area contributed by atoms with Crippen molar-refractivity contribution in [2.45, 2.75) is 25.9 Å². The zero-order chi connectivity index (χ0) is 19.4. The largest absolute Gasteiger partial charge is 0.416 e. The number of nitrogens with zero attached hydrogens (tertiary/aromatic N) is 2. The van der Waals surface area contributed by atoms with Crippen LogP contribution in [-0.4, -0.2) is 15.9 Å². The molecule has 2 heterocycles. The van der Waals surface area contributed by atoms with Crippen molar-refractivity contribution in [3.8, 4) is 0 Å². The summed E-state index contributed by atoms with van der Waals surface area (Å²) in [7, 11) is 0. The van der Waals surface area contributed by atoms with Crippen molar-refractivity contribution < 1.29 is 18.0 Å². The maximum atomic E-state index is 12.8. The number of carbonyl (C=O) groups is 1. The molecule has 3 rings (SSSR count). The lowest BCUT2D eigenvalue weighted by molar-refractivity contribution is -0.137. The van der Waals surface area contributed by atoms with Gasteiger partial charge in [0.15, 0.2) is 0 Å². The average molecular weight is 391 g/mol. The lowest BCUT2D eigenvalue weighted by atomic mass is 10.1. The summed E-state index contributed by atoms with van der Waals surface area (Å²) in [5, 5.41) is 4.05. The zero-order valence-electron chi connectivity index (χ0n) is 14.4. The Balaban J connectivity index is 1.69. The van der Waals surface area contributed by atoms with Crippen LogP contribution in [0.2, 0.25) is 0 Å².